The maximum absolute atomic E-state index is 12.6. The van der Waals surface area contributed by atoms with E-state index in [0.29, 0.717) is 6.07 Å². The second kappa shape index (κ2) is 5.43. The molecule has 2 rings (SSSR count). The van der Waals surface area contributed by atoms with Crippen molar-refractivity contribution < 1.29 is 27.8 Å². The highest BCUT2D eigenvalue weighted by Gasteiger charge is 2.32. The van der Waals surface area contributed by atoms with Gasteiger partial charge in [0, 0.05) is 5.69 Å². The first kappa shape index (κ1) is 14.8. The Morgan fingerprint density at radius 2 is 1.95 bits per heavy atom. The van der Waals surface area contributed by atoms with Crippen molar-refractivity contribution in [2.24, 2.45) is 0 Å². The first-order chi connectivity index (χ1) is 9.77. The van der Waals surface area contributed by atoms with Crippen molar-refractivity contribution in [2.75, 3.05) is 0 Å². The fraction of sp³-hybridized carbons (Fsp3) is 0.143. The van der Waals surface area contributed by atoms with Gasteiger partial charge < -0.3 is 9.84 Å². The zero-order chi connectivity index (χ0) is 15.6. The Morgan fingerprint density at radius 3 is 2.48 bits per heavy atom. The number of aromatic nitrogens is 1. The molecule has 0 fully saturated rings. The number of ether oxygens (including phenoxy) is 1. The summed E-state index contributed by atoms with van der Waals surface area (Å²) in [7, 11) is 0. The normalized spacial score (nSPS) is 11.2. The van der Waals surface area contributed by atoms with Crippen LogP contribution in [0.4, 0.5) is 13.2 Å². The van der Waals surface area contributed by atoms with Crippen LogP contribution < -0.4 is 4.74 Å². The zero-order valence-electron chi connectivity index (χ0n) is 10.8. The lowest BCUT2D eigenvalue weighted by Crippen LogP contribution is -2.08. The fourth-order valence-corrected chi connectivity index (χ4v) is 1.60. The number of carbonyl (C=O) groups is 1. The molecule has 21 heavy (non-hydrogen) atoms. The topological polar surface area (TPSA) is 59.4 Å². The first-order valence-corrected chi connectivity index (χ1v) is 5.82. The van der Waals surface area contributed by atoms with E-state index < -0.39 is 23.3 Å². The van der Waals surface area contributed by atoms with Gasteiger partial charge in [0.15, 0.2) is 0 Å². The summed E-state index contributed by atoms with van der Waals surface area (Å²) >= 11 is 0. The third-order valence-electron chi connectivity index (χ3n) is 2.65. The van der Waals surface area contributed by atoms with E-state index in [1.807, 2.05) is 0 Å². The number of alkyl halides is 3. The summed E-state index contributed by atoms with van der Waals surface area (Å²) in [5.41, 5.74) is -0.882. The van der Waals surface area contributed by atoms with Crippen molar-refractivity contribution in [2.45, 2.75) is 13.1 Å². The maximum atomic E-state index is 12.6. The number of rotatable bonds is 3. The predicted molar refractivity (Wildman–Crippen MR) is 67.5 cm³/mol. The molecule has 2 aromatic rings. The summed E-state index contributed by atoms with van der Waals surface area (Å²) < 4.78 is 43.1. The van der Waals surface area contributed by atoms with E-state index in [2.05, 4.69) is 4.98 Å². The molecular weight excluding hydrogens is 287 g/mol. The predicted octanol–water partition coefficient (Wildman–Crippen LogP) is 3.90. The molecule has 0 bridgehead atoms. The molecule has 1 heterocycles. The van der Waals surface area contributed by atoms with Crippen LogP contribution in [-0.4, -0.2) is 16.1 Å². The molecule has 1 N–H and O–H groups in total. The van der Waals surface area contributed by atoms with E-state index in [9.17, 15) is 18.0 Å². The maximum Gasteiger partial charge on any atom is 0.416 e. The van der Waals surface area contributed by atoms with Gasteiger partial charge in [-0.3, -0.25) is 4.98 Å². The Kier molecular flexibility index (Phi) is 3.84. The Labute approximate surface area is 117 Å². The van der Waals surface area contributed by atoms with E-state index in [-0.39, 0.29) is 11.5 Å². The van der Waals surface area contributed by atoms with E-state index in [1.54, 1.807) is 19.1 Å². The van der Waals surface area contributed by atoms with Gasteiger partial charge in [-0.2, -0.15) is 13.2 Å². The lowest BCUT2D eigenvalue weighted by molar-refractivity contribution is -0.137. The van der Waals surface area contributed by atoms with Crippen LogP contribution in [-0.2, 0) is 6.18 Å². The van der Waals surface area contributed by atoms with Crippen LogP contribution in [0.25, 0.3) is 0 Å². The van der Waals surface area contributed by atoms with Crippen molar-refractivity contribution in [1.82, 2.24) is 4.98 Å². The first-order valence-electron chi connectivity index (χ1n) is 5.82. The van der Waals surface area contributed by atoms with Crippen molar-refractivity contribution in [3.05, 3.63) is 53.3 Å². The van der Waals surface area contributed by atoms with E-state index in [0.717, 1.165) is 17.8 Å². The quantitative estimate of drug-likeness (QED) is 0.933. The summed E-state index contributed by atoms with van der Waals surface area (Å²) in [4.78, 5) is 15.0. The number of hydrogen-bond donors (Lipinski definition) is 1. The monoisotopic (exact) mass is 297 g/mol. The van der Waals surface area contributed by atoms with Crippen molar-refractivity contribution in [3.8, 4) is 11.5 Å². The van der Waals surface area contributed by atoms with Crippen LogP contribution in [0, 0.1) is 6.92 Å². The fourth-order valence-electron chi connectivity index (χ4n) is 1.60. The molecule has 0 aliphatic heterocycles. The second-order valence-electron chi connectivity index (χ2n) is 4.25. The van der Waals surface area contributed by atoms with Crippen LogP contribution in [0.15, 0.2) is 36.5 Å². The van der Waals surface area contributed by atoms with Gasteiger partial charge in [-0.25, -0.2) is 4.79 Å². The molecule has 1 aromatic heterocycles. The van der Waals surface area contributed by atoms with Gasteiger partial charge in [0.2, 0.25) is 0 Å². The smallest absolute Gasteiger partial charge is 0.416 e. The molecule has 0 unspecified atom stereocenters. The average Bonchev–Trinajstić information content (AvgIpc) is 2.40. The SMILES string of the molecule is Cc1ccc(Oc2ccc(C(F)(F)F)cc2C(=O)O)cn1. The highest BCUT2D eigenvalue weighted by molar-refractivity contribution is 5.91. The minimum absolute atomic E-state index is 0.179. The number of aromatic carboxylic acids is 1. The van der Waals surface area contributed by atoms with Gasteiger partial charge in [0.1, 0.15) is 17.1 Å². The van der Waals surface area contributed by atoms with Crippen molar-refractivity contribution in [1.29, 1.82) is 0 Å². The van der Waals surface area contributed by atoms with Gasteiger partial charge in [-0.05, 0) is 37.3 Å². The van der Waals surface area contributed by atoms with Crippen LogP contribution in [0.3, 0.4) is 0 Å². The van der Waals surface area contributed by atoms with Gasteiger partial charge in [0.25, 0.3) is 0 Å². The van der Waals surface area contributed by atoms with Crippen LogP contribution in [0.2, 0.25) is 0 Å². The summed E-state index contributed by atoms with van der Waals surface area (Å²) in [6.07, 6.45) is -3.26. The average molecular weight is 297 g/mol. The van der Waals surface area contributed by atoms with E-state index in [4.69, 9.17) is 9.84 Å². The van der Waals surface area contributed by atoms with Gasteiger partial charge in [-0.15, -0.1) is 0 Å². The van der Waals surface area contributed by atoms with Crippen LogP contribution in [0.1, 0.15) is 21.6 Å². The highest BCUT2D eigenvalue weighted by Crippen LogP contribution is 2.34. The number of nitrogens with zero attached hydrogens (tertiary/aromatic N) is 1. The Hall–Kier alpha value is -2.57. The van der Waals surface area contributed by atoms with E-state index in [1.165, 1.54) is 6.20 Å². The number of halogens is 3. The van der Waals surface area contributed by atoms with Gasteiger partial charge in [-0.1, -0.05) is 0 Å². The molecule has 0 saturated carbocycles. The third-order valence-corrected chi connectivity index (χ3v) is 2.65. The van der Waals surface area contributed by atoms with E-state index >= 15 is 0 Å². The molecule has 0 aliphatic rings. The number of aryl methyl sites for hydroxylation is 1. The molecule has 0 saturated heterocycles. The minimum Gasteiger partial charge on any atom is -0.478 e. The third kappa shape index (κ3) is 3.50. The molecule has 0 spiro atoms. The van der Waals surface area contributed by atoms with Gasteiger partial charge in [0.05, 0.1) is 11.8 Å². The Bertz CT molecular complexity index is 666. The van der Waals surface area contributed by atoms with Gasteiger partial charge >= 0.3 is 12.1 Å². The minimum atomic E-state index is -4.62. The number of carboxylic acid groups (broad SMARTS) is 1. The Morgan fingerprint density at radius 1 is 1.24 bits per heavy atom. The zero-order valence-corrected chi connectivity index (χ0v) is 10.8. The largest absolute Gasteiger partial charge is 0.478 e. The number of hydrogen-bond acceptors (Lipinski definition) is 3. The number of benzene rings is 1. The van der Waals surface area contributed by atoms with Crippen molar-refractivity contribution in [3.63, 3.8) is 0 Å². The number of carboxylic acids is 1. The van der Waals surface area contributed by atoms with Crippen LogP contribution in [0.5, 0.6) is 11.5 Å². The highest BCUT2D eigenvalue weighted by atomic mass is 19.4. The molecule has 0 aliphatic carbocycles. The van der Waals surface area contributed by atoms with Crippen molar-refractivity contribution >= 4 is 5.97 Å². The molecule has 1 aromatic carbocycles. The molecule has 0 radical (unpaired) electrons. The lowest BCUT2D eigenvalue weighted by Gasteiger charge is -2.12. The molecule has 4 nitrogen and oxygen atoms in total. The number of pyridine rings is 1. The molecule has 0 amide bonds. The Balaban J connectivity index is 2.39. The second-order valence-corrected chi connectivity index (χ2v) is 4.25. The summed E-state index contributed by atoms with van der Waals surface area (Å²) in [6, 6.07) is 5.47. The summed E-state index contributed by atoms with van der Waals surface area (Å²) in [5, 5.41) is 9.01. The lowest BCUT2D eigenvalue weighted by atomic mass is 10.1. The molecule has 0 atom stereocenters. The standard InChI is InChI=1S/C14H10F3NO3/c1-8-2-4-10(7-18-8)21-12-5-3-9(14(15,16)17)6-11(12)13(19)20/h2-7H,1H3,(H,19,20). The molecule has 7 heteroatoms. The summed E-state index contributed by atoms with van der Waals surface area (Å²) in [5.74, 6) is -1.44. The molecular formula is C14H10F3NO3. The summed E-state index contributed by atoms with van der Waals surface area (Å²) in [6.45, 7) is 1.75. The molecule has 110 valence electrons. The van der Waals surface area contributed by atoms with Crippen LogP contribution >= 0.6 is 0 Å².